The molecule has 40 heavy (non-hydrogen) atoms. The highest BCUT2D eigenvalue weighted by Crippen LogP contribution is 2.29. The maximum atomic E-state index is 13.7. The predicted octanol–water partition coefficient (Wildman–Crippen LogP) is 7.62. The molecule has 0 fully saturated rings. The zero-order chi connectivity index (χ0) is 29.0. The molecule has 4 rings (SSSR count). The topological polar surface area (TPSA) is 56.4 Å². The van der Waals surface area contributed by atoms with E-state index in [0.29, 0.717) is 28.6 Å². The number of nitrogens with one attached hydrogen (secondary N) is 1. The molecule has 0 aliphatic rings. The highest BCUT2D eigenvalue weighted by atomic mass is 35.5. The van der Waals surface area contributed by atoms with Crippen LogP contribution in [0.2, 0.25) is 10.0 Å². The molecule has 1 N–H and O–H groups in total. The number of rotatable bonds is 9. The van der Waals surface area contributed by atoms with Gasteiger partial charge in [0.25, 0.3) is 5.91 Å². The molecule has 1 heterocycles. The largest absolute Gasteiger partial charge is 0.416 e. The fourth-order valence-corrected chi connectivity index (χ4v) is 5.01. The first-order valence-corrected chi connectivity index (χ1v) is 13.4. The van der Waals surface area contributed by atoms with E-state index in [1.807, 2.05) is 30.5 Å². The predicted molar refractivity (Wildman–Crippen MR) is 151 cm³/mol. The van der Waals surface area contributed by atoms with E-state index in [9.17, 15) is 22.8 Å². The summed E-state index contributed by atoms with van der Waals surface area (Å²) in [5, 5.41) is 1.63. The Morgan fingerprint density at radius 2 is 1.60 bits per heavy atom. The van der Waals surface area contributed by atoms with Crippen molar-refractivity contribution in [3.05, 3.63) is 105 Å². The van der Waals surface area contributed by atoms with Crippen LogP contribution in [0.5, 0.6) is 0 Å². The first-order valence-electron chi connectivity index (χ1n) is 12.7. The molecule has 210 valence electrons. The van der Waals surface area contributed by atoms with E-state index in [1.165, 1.54) is 35.2 Å². The summed E-state index contributed by atoms with van der Waals surface area (Å²) in [6.07, 6.45) is -2.06. The Balaban J connectivity index is 1.58. The zero-order valence-electron chi connectivity index (χ0n) is 21.9. The van der Waals surface area contributed by atoms with Crippen LogP contribution < -0.4 is 0 Å². The van der Waals surface area contributed by atoms with Gasteiger partial charge in [0.2, 0.25) is 5.91 Å². The molecule has 3 aromatic carbocycles. The third-order valence-electron chi connectivity index (χ3n) is 6.63. The van der Waals surface area contributed by atoms with Crippen molar-refractivity contribution in [1.29, 1.82) is 0 Å². The Labute approximate surface area is 240 Å². The zero-order valence-corrected chi connectivity index (χ0v) is 23.4. The van der Waals surface area contributed by atoms with Gasteiger partial charge >= 0.3 is 6.18 Å². The second kappa shape index (κ2) is 12.4. The van der Waals surface area contributed by atoms with Crippen LogP contribution in [-0.4, -0.2) is 45.7 Å². The molecule has 0 saturated heterocycles. The molecule has 0 unspecified atom stereocenters. The second-order valence-corrected chi connectivity index (χ2v) is 10.7. The van der Waals surface area contributed by atoms with Gasteiger partial charge in [-0.05, 0) is 67.8 Å². The number of hydrogen-bond acceptors (Lipinski definition) is 2. The molecule has 10 heteroatoms. The van der Waals surface area contributed by atoms with Gasteiger partial charge in [-0.25, -0.2) is 0 Å². The van der Waals surface area contributed by atoms with Crippen LogP contribution in [0.4, 0.5) is 13.2 Å². The van der Waals surface area contributed by atoms with Gasteiger partial charge in [0.1, 0.15) is 6.54 Å². The molecule has 0 spiro atoms. The fraction of sp³-hybridized carbons (Fsp3) is 0.267. The van der Waals surface area contributed by atoms with Gasteiger partial charge in [-0.15, -0.1) is 0 Å². The van der Waals surface area contributed by atoms with Crippen LogP contribution in [0.25, 0.3) is 10.9 Å². The summed E-state index contributed by atoms with van der Waals surface area (Å²) in [4.78, 5) is 33.2. The summed E-state index contributed by atoms with van der Waals surface area (Å²) >= 11 is 12.2. The molecule has 0 aliphatic heterocycles. The number of hydrogen-bond donors (Lipinski definition) is 1. The standard InChI is InChI=1S/C30H28Cl2F3N3O2/c1-19(2)38(29(40)22-13-24(31)15-25(32)14-22)18-28(39)37(17-20-7-9-23(10-8-20)30(33,34)35)12-11-21-16-36-27-6-4-3-5-26(21)27/h3-10,13-16,19,36H,11-12,17-18H2,1-2H3. The van der Waals surface area contributed by atoms with E-state index in [-0.39, 0.29) is 30.6 Å². The van der Waals surface area contributed by atoms with Crippen molar-refractivity contribution in [2.75, 3.05) is 13.1 Å². The molecule has 0 radical (unpaired) electrons. The summed E-state index contributed by atoms with van der Waals surface area (Å²) in [5.74, 6) is -0.742. The maximum absolute atomic E-state index is 13.7. The van der Waals surface area contributed by atoms with Crippen molar-refractivity contribution in [3.8, 4) is 0 Å². The van der Waals surface area contributed by atoms with Crippen LogP contribution in [0.1, 0.15) is 40.9 Å². The smallest absolute Gasteiger partial charge is 0.361 e. The van der Waals surface area contributed by atoms with Crippen molar-refractivity contribution in [2.45, 2.75) is 39.0 Å². The number of amides is 2. The molecule has 0 atom stereocenters. The van der Waals surface area contributed by atoms with Crippen LogP contribution in [-0.2, 0) is 23.9 Å². The minimum atomic E-state index is -4.45. The first-order chi connectivity index (χ1) is 18.9. The highest BCUT2D eigenvalue weighted by molar-refractivity contribution is 6.35. The molecular weight excluding hydrogens is 562 g/mol. The Kier molecular flexibility index (Phi) is 9.11. The van der Waals surface area contributed by atoms with E-state index in [1.54, 1.807) is 18.7 Å². The van der Waals surface area contributed by atoms with E-state index in [0.717, 1.165) is 28.6 Å². The van der Waals surface area contributed by atoms with Gasteiger partial charge in [-0.1, -0.05) is 53.5 Å². The minimum absolute atomic E-state index is 0.0858. The lowest BCUT2D eigenvalue weighted by atomic mass is 10.1. The molecule has 0 saturated carbocycles. The first kappa shape index (κ1) is 29.5. The number of benzene rings is 3. The Hall–Kier alpha value is -3.49. The third-order valence-corrected chi connectivity index (χ3v) is 7.07. The summed E-state index contributed by atoms with van der Waals surface area (Å²) in [5.41, 5.74) is 2.02. The Morgan fingerprint density at radius 3 is 2.23 bits per heavy atom. The number of carbonyl (C=O) groups is 2. The van der Waals surface area contributed by atoms with Gasteiger partial charge in [-0.3, -0.25) is 9.59 Å². The van der Waals surface area contributed by atoms with Gasteiger partial charge in [0.05, 0.1) is 5.56 Å². The number of aromatic amines is 1. The number of alkyl halides is 3. The van der Waals surface area contributed by atoms with Crippen LogP contribution in [0, 0.1) is 0 Å². The van der Waals surface area contributed by atoms with Gasteiger partial charge in [0, 0.05) is 51.8 Å². The Morgan fingerprint density at radius 1 is 0.950 bits per heavy atom. The van der Waals surface area contributed by atoms with Crippen molar-refractivity contribution < 1.29 is 22.8 Å². The average molecular weight is 590 g/mol. The lowest BCUT2D eigenvalue weighted by molar-refractivity contribution is -0.137. The van der Waals surface area contributed by atoms with Gasteiger partial charge < -0.3 is 14.8 Å². The summed E-state index contributed by atoms with van der Waals surface area (Å²) in [7, 11) is 0. The quantitative estimate of drug-likeness (QED) is 0.218. The Bertz CT molecular complexity index is 1480. The summed E-state index contributed by atoms with van der Waals surface area (Å²) in [6.45, 7) is 3.75. The number of nitrogens with zero attached hydrogens (tertiary/aromatic N) is 2. The van der Waals surface area contributed by atoms with Crippen molar-refractivity contribution in [3.63, 3.8) is 0 Å². The third kappa shape index (κ3) is 7.17. The number of fused-ring (bicyclic) bond motifs is 1. The number of para-hydroxylation sites is 1. The lowest BCUT2D eigenvalue weighted by Crippen LogP contribution is -2.46. The second-order valence-electron chi connectivity index (χ2n) is 9.80. The number of halogens is 5. The minimum Gasteiger partial charge on any atom is -0.361 e. The summed E-state index contributed by atoms with van der Waals surface area (Å²) in [6, 6.07) is 16.7. The summed E-state index contributed by atoms with van der Waals surface area (Å²) < 4.78 is 39.2. The lowest BCUT2D eigenvalue weighted by Gasteiger charge is -2.30. The van der Waals surface area contributed by atoms with Crippen LogP contribution in [0.3, 0.4) is 0 Å². The van der Waals surface area contributed by atoms with E-state index < -0.39 is 17.6 Å². The number of carbonyl (C=O) groups excluding carboxylic acids is 2. The van der Waals surface area contributed by atoms with Gasteiger partial charge in [0.15, 0.2) is 0 Å². The number of H-pyrrole nitrogens is 1. The molecule has 4 aromatic rings. The molecule has 1 aromatic heterocycles. The average Bonchev–Trinajstić information content (AvgIpc) is 3.31. The van der Waals surface area contributed by atoms with Crippen molar-refractivity contribution in [2.24, 2.45) is 0 Å². The van der Waals surface area contributed by atoms with E-state index in [4.69, 9.17) is 23.2 Å². The molecular formula is C30H28Cl2F3N3O2. The monoisotopic (exact) mass is 589 g/mol. The maximum Gasteiger partial charge on any atom is 0.416 e. The van der Waals surface area contributed by atoms with Crippen molar-refractivity contribution >= 4 is 45.9 Å². The molecule has 2 amide bonds. The fourth-order valence-electron chi connectivity index (χ4n) is 4.48. The van der Waals surface area contributed by atoms with E-state index >= 15 is 0 Å². The van der Waals surface area contributed by atoms with Crippen molar-refractivity contribution in [1.82, 2.24) is 14.8 Å². The number of aromatic nitrogens is 1. The normalized spacial score (nSPS) is 11.7. The van der Waals surface area contributed by atoms with Crippen LogP contribution in [0.15, 0.2) is 72.9 Å². The molecule has 0 aliphatic carbocycles. The SMILES string of the molecule is CC(C)N(CC(=O)N(CCc1c[nH]c2ccccc12)Cc1ccc(C(F)(F)F)cc1)C(=O)c1cc(Cl)cc(Cl)c1. The van der Waals surface area contributed by atoms with E-state index in [2.05, 4.69) is 4.98 Å². The van der Waals surface area contributed by atoms with Crippen LogP contribution >= 0.6 is 23.2 Å². The van der Waals surface area contributed by atoms with Gasteiger partial charge in [-0.2, -0.15) is 13.2 Å². The molecule has 5 nitrogen and oxygen atoms in total. The molecule has 0 bridgehead atoms. The highest BCUT2D eigenvalue weighted by Gasteiger charge is 2.30.